The lowest BCUT2D eigenvalue weighted by atomic mass is 10.1. The Morgan fingerprint density at radius 3 is 2.60 bits per heavy atom. The van der Waals surface area contributed by atoms with E-state index in [2.05, 4.69) is 5.32 Å². The molecule has 114 valence electrons. The van der Waals surface area contributed by atoms with E-state index in [-0.39, 0.29) is 6.10 Å². The summed E-state index contributed by atoms with van der Waals surface area (Å²) in [6.45, 7) is 1.70. The highest BCUT2D eigenvalue weighted by atomic mass is 32.2. The van der Waals surface area contributed by atoms with Crippen molar-refractivity contribution >= 4 is 10.0 Å². The third-order valence-corrected chi connectivity index (χ3v) is 5.68. The average Bonchev–Trinajstić information content (AvgIpc) is 2.81. The van der Waals surface area contributed by atoms with Crippen molar-refractivity contribution in [2.24, 2.45) is 7.05 Å². The first-order valence-corrected chi connectivity index (χ1v) is 8.26. The van der Waals surface area contributed by atoms with Crippen LogP contribution in [0, 0.1) is 0 Å². The second-order valence-corrected chi connectivity index (χ2v) is 7.09. The number of nitrogens with one attached hydrogen (secondary N) is 1. The van der Waals surface area contributed by atoms with Crippen molar-refractivity contribution in [3.8, 4) is 0 Å². The lowest BCUT2D eigenvalue weighted by Gasteiger charge is -2.30. The maximum atomic E-state index is 12.6. The first kappa shape index (κ1) is 15.5. The van der Waals surface area contributed by atoms with Gasteiger partial charge in [0, 0.05) is 45.7 Å². The van der Waals surface area contributed by atoms with E-state index in [9.17, 15) is 8.42 Å². The van der Waals surface area contributed by atoms with Crippen LogP contribution in [0.25, 0.3) is 0 Å². The molecule has 0 spiro atoms. The third kappa shape index (κ3) is 3.06. The second kappa shape index (κ2) is 6.26. The Balaban J connectivity index is 2.16. The van der Waals surface area contributed by atoms with E-state index in [4.69, 9.17) is 4.74 Å². The van der Waals surface area contributed by atoms with Crippen molar-refractivity contribution in [2.45, 2.75) is 30.4 Å². The summed E-state index contributed by atoms with van der Waals surface area (Å²) in [6, 6.07) is 1.74. The molecule has 20 heavy (non-hydrogen) atoms. The highest BCUT2D eigenvalue weighted by Gasteiger charge is 2.30. The molecule has 0 radical (unpaired) electrons. The molecule has 1 N–H and O–H groups in total. The predicted octanol–water partition coefficient (Wildman–Crippen LogP) is 0.544. The summed E-state index contributed by atoms with van der Waals surface area (Å²) in [5, 5.41) is 3.04. The molecule has 0 saturated carbocycles. The van der Waals surface area contributed by atoms with E-state index in [1.807, 2.05) is 18.7 Å². The highest BCUT2D eigenvalue weighted by Crippen LogP contribution is 2.23. The van der Waals surface area contributed by atoms with Crippen molar-refractivity contribution in [2.75, 3.05) is 27.2 Å². The molecular formula is C13H23N3O3S. The molecule has 0 bridgehead atoms. The van der Waals surface area contributed by atoms with Crippen LogP contribution in [0.1, 0.15) is 18.5 Å². The van der Waals surface area contributed by atoms with E-state index in [0.717, 1.165) is 18.5 Å². The Kier molecular flexibility index (Phi) is 4.85. The quantitative estimate of drug-likeness (QED) is 0.862. The number of piperidine rings is 1. The molecule has 1 aliphatic rings. The minimum absolute atomic E-state index is 0.178. The minimum Gasteiger partial charge on any atom is -0.381 e. The van der Waals surface area contributed by atoms with Crippen LogP contribution >= 0.6 is 0 Å². The van der Waals surface area contributed by atoms with Gasteiger partial charge in [0.15, 0.2) is 0 Å². The largest absolute Gasteiger partial charge is 0.381 e. The molecule has 2 rings (SSSR count). The molecule has 2 heterocycles. The van der Waals surface area contributed by atoms with Crippen LogP contribution in [0.15, 0.2) is 17.2 Å². The van der Waals surface area contributed by atoms with Gasteiger partial charge < -0.3 is 14.6 Å². The predicted molar refractivity (Wildman–Crippen MR) is 77.0 cm³/mol. The van der Waals surface area contributed by atoms with Crippen molar-refractivity contribution in [1.29, 1.82) is 0 Å². The summed E-state index contributed by atoms with van der Waals surface area (Å²) >= 11 is 0. The molecular weight excluding hydrogens is 278 g/mol. The number of hydrogen-bond acceptors (Lipinski definition) is 4. The Morgan fingerprint density at radius 1 is 1.40 bits per heavy atom. The first-order chi connectivity index (χ1) is 9.48. The van der Waals surface area contributed by atoms with E-state index < -0.39 is 10.0 Å². The van der Waals surface area contributed by atoms with Gasteiger partial charge in [0.2, 0.25) is 10.0 Å². The van der Waals surface area contributed by atoms with Gasteiger partial charge in [-0.1, -0.05) is 0 Å². The molecule has 1 aromatic heterocycles. The Hall–Kier alpha value is -0.890. The van der Waals surface area contributed by atoms with Gasteiger partial charge in [-0.15, -0.1) is 0 Å². The highest BCUT2D eigenvalue weighted by molar-refractivity contribution is 7.89. The van der Waals surface area contributed by atoms with E-state index in [1.54, 1.807) is 23.7 Å². The first-order valence-electron chi connectivity index (χ1n) is 6.82. The van der Waals surface area contributed by atoms with Crippen LogP contribution in [0.5, 0.6) is 0 Å². The smallest absolute Gasteiger partial charge is 0.244 e. The molecule has 0 amide bonds. The molecule has 0 aliphatic carbocycles. The van der Waals surface area contributed by atoms with Gasteiger partial charge in [-0.25, -0.2) is 8.42 Å². The van der Waals surface area contributed by atoms with Gasteiger partial charge in [-0.05, 0) is 26.0 Å². The normalized spacial score (nSPS) is 18.6. The number of hydrogen-bond donors (Lipinski definition) is 1. The monoisotopic (exact) mass is 301 g/mol. The van der Waals surface area contributed by atoms with Gasteiger partial charge in [-0.2, -0.15) is 4.31 Å². The molecule has 0 aromatic carbocycles. The van der Waals surface area contributed by atoms with Crippen LogP contribution < -0.4 is 5.32 Å². The van der Waals surface area contributed by atoms with E-state index in [1.165, 1.54) is 0 Å². The molecule has 1 aliphatic heterocycles. The lowest BCUT2D eigenvalue weighted by molar-refractivity contribution is 0.0604. The van der Waals surface area contributed by atoms with Gasteiger partial charge in [0.05, 0.1) is 6.10 Å². The molecule has 6 nitrogen and oxygen atoms in total. The Labute approximate surface area is 120 Å². The van der Waals surface area contributed by atoms with Crippen LogP contribution in [-0.4, -0.2) is 50.6 Å². The zero-order valence-electron chi connectivity index (χ0n) is 12.3. The zero-order valence-corrected chi connectivity index (χ0v) is 13.1. The number of aromatic nitrogens is 1. The summed E-state index contributed by atoms with van der Waals surface area (Å²) in [5.74, 6) is 0. The number of sulfonamides is 1. The summed E-state index contributed by atoms with van der Waals surface area (Å²) in [5.41, 5.74) is 0.956. The number of nitrogens with zero attached hydrogens (tertiary/aromatic N) is 2. The molecule has 1 fully saturated rings. The summed E-state index contributed by atoms with van der Waals surface area (Å²) in [4.78, 5) is 0.376. The third-order valence-electron chi connectivity index (χ3n) is 3.81. The zero-order chi connectivity index (χ0) is 14.8. The number of aryl methyl sites for hydroxylation is 1. The molecule has 7 heteroatoms. The van der Waals surface area contributed by atoms with Crippen molar-refractivity contribution < 1.29 is 13.2 Å². The fourth-order valence-corrected chi connectivity index (χ4v) is 4.10. The average molecular weight is 301 g/mol. The van der Waals surface area contributed by atoms with E-state index in [0.29, 0.717) is 24.5 Å². The minimum atomic E-state index is -3.38. The Bertz CT molecular complexity index is 545. The molecule has 0 unspecified atom stereocenters. The second-order valence-electron chi connectivity index (χ2n) is 5.15. The molecule has 1 aromatic rings. The summed E-state index contributed by atoms with van der Waals surface area (Å²) < 4.78 is 33.9. The van der Waals surface area contributed by atoms with Gasteiger partial charge in [0.1, 0.15) is 4.90 Å². The van der Waals surface area contributed by atoms with Crippen LogP contribution in [0.3, 0.4) is 0 Å². The summed E-state index contributed by atoms with van der Waals surface area (Å²) in [7, 11) is 2.00. The summed E-state index contributed by atoms with van der Waals surface area (Å²) in [6.07, 6.45) is 3.37. The van der Waals surface area contributed by atoms with Gasteiger partial charge in [0.25, 0.3) is 0 Å². The number of methoxy groups -OCH3 is 1. The van der Waals surface area contributed by atoms with Gasteiger partial charge in [-0.3, -0.25) is 0 Å². The van der Waals surface area contributed by atoms with E-state index >= 15 is 0 Å². The fourth-order valence-electron chi connectivity index (χ4n) is 2.53. The topological polar surface area (TPSA) is 63.6 Å². The number of rotatable bonds is 5. The van der Waals surface area contributed by atoms with Crippen LogP contribution in [0.4, 0.5) is 0 Å². The number of ether oxygens (including phenoxy) is 1. The molecule has 0 atom stereocenters. The van der Waals surface area contributed by atoms with Crippen LogP contribution in [0.2, 0.25) is 0 Å². The van der Waals surface area contributed by atoms with Crippen molar-refractivity contribution in [3.05, 3.63) is 18.0 Å². The van der Waals surface area contributed by atoms with Gasteiger partial charge >= 0.3 is 0 Å². The SMILES string of the molecule is CNCc1cc(S(=O)(=O)N2CCC(OC)CC2)cn1C. The molecule has 1 saturated heterocycles. The van der Waals surface area contributed by atoms with Crippen molar-refractivity contribution in [1.82, 2.24) is 14.2 Å². The maximum Gasteiger partial charge on any atom is 0.244 e. The van der Waals surface area contributed by atoms with Crippen molar-refractivity contribution in [3.63, 3.8) is 0 Å². The lowest BCUT2D eigenvalue weighted by Crippen LogP contribution is -2.40. The van der Waals surface area contributed by atoms with Crippen LogP contribution in [-0.2, 0) is 28.4 Å². The standard InChI is InChI=1S/C13H23N3O3S/c1-14-9-11-8-13(10-15(11)2)20(17,18)16-6-4-12(19-3)5-7-16/h8,10,12,14H,4-7,9H2,1-3H3. The maximum absolute atomic E-state index is 12.6. The Morgan fingerprint density at radius 2 is 2.05 bits per heavy atom. The fraction of sp³-hybridized carbons (Fsp3) is 0.692.